The number of ether oxygens (including phenoxy) is 1. The summed E-state index contributed by atoms with van der Waals surface area (Å²) < 4.78 is 54.4. The van der Waals surface area contributed by atoms with Gasteiger partial charge in [0.1, 0.15) is 11.3 Å². The van der Waals surface area contributed by atoms with E-state index in [4.69, 9.17) is 32.0 Å². The summed E-state index contributed by atoms with van der Waals surface area (Å²) in [6.07, 6.45) is -0.453. The number of fused-ring (bicyclic) bond motifs is 1. The number of carboxylic acids is 2. The van der Waals surface area contributed by atoms with E-state index in [2.05, 4.69) is 0 Å². The van der Waals surface area contributed by atoms with Crippen molar-refractivity contribution in [3.8, 4) is 5.75 Å². The average Bonchev–Trinajstić information content (AvgIpc) is 3.68. The highest BCUT2D eigenvalue weighted by atomic mass is 35.5. The van der Waals surface area contributed by atoms with Crippen LogP contribution in [-0.4, -0.2) is 59.6 Å². The van der Waals surface area contributed by atoms with Crippen molar-refractivity contribution in [2.75, 3.05) is 31.6 Å². The van der Waals surface area contributed by atoms with E-state index in [1.807, 2.05) is 4.90 Å². The van der Waals surface area contributed by atoms with E-state index in [-0.39, 0.29) is 35.0 Å². The maximum Gasteiger partial charge on any atom is 0.490 e. The fourth-order valence-corrected chi connectivity index (χ4v) is 4.31. The molecule has 202 valence electrons. The molecule has 1 saturated carbocycles. The summed E-state index contributed by atoms with van der Waals surface area (Å²) in [6, 6.07) is 1.19. The molecule has 2 aromatic rings. The summed E-state index contributed by atoms with van der Waals surface area (Å²) >= 11 is 6.25. The van der Waals surface area contributed by atoms with Gasteiger partial charge in [-0.2, -0.15) is 13.2 Å². The van der Waals surface area contributed by atoms with Crippen LogP contribution in [0.5, 0.6) is 5.75 Å². The number of halogens is 5. The lowest BCUT2D eigenvalue weighted by molar-refractivity contribution is -0.192. The van der Waals surface area contributed by atoms with Crippen molar-refractivity contribution in [3.05, 3.63) is 44.5 Å². The predicted octanol–water partition coefficient (Wildman–Crippen LogP) is 3.87. The lowest BCUT2D eigenvalue weighted by atomic mass is 10.0. The number of nitrogens with two attached hydrogens (primary N) is 1. The molecule has 0 unspecified atom stereocenters. The van der Waals surface area contributed by atoms with E-state index >= 15 is 4.39 Å². The van der Waals surface area contributed by atoms with Crippen LogP contribution in [0.3, 0.4) is 0 Å². The number of alkyl halides is 3. The van der Waals surface area contributed by atoms with Gasteiger partial charge in [0.05, 0.1) is 18.0 Å². The Labute approximate surface area is 212 Å². The van der Waals surface area contributed by atoms with E-state index in [0.717, 1.165) is 37.3 Å². The van der Waals surface area contributed by atoms with Crippen molar-refractivity contribution >= 4 is 40.1 Å². The van der Waals surface area contributed by atoms with E-state index in [9.17, 15) is 27.9 Å². The number of anilines is 1. The summed E-state index contributed by atoms with van der Waals surface area (Å²) in [4.78, 5) is 35.1. The van der Waals surface area contributed by atoms with E-state index in [1.54, 1.807) is 4.57 Å². The van der Waals surface area contributed by atoms with Crippen LogP contribution in [0, 0.1) is 5.82 Å². The Morgan fingerprint density at radius 1 is 1.27 bits per heavy atom. The van der Waals surface area contributed by atoms with E-state index in [0.29, 0.717) is 23.6 Å². The molecule has 0 atom stereocenters. The molecule has 1 aliphatic carbocycles. The second-order valence-electron chi connectivity index (χ2n) is 8.49. The highest BCUT2D eigenvalue weighted by Gasteiger charge is 2.38. The first-order valence-electron chi connectivity index (χ1n) is 11.1. The number of methoxy groups -OCH3 is 1. The van der Waals surface area contributed by atoms with Crippen molar-refractivity contribution < 1.29 is 42.1 Å². The molecule has 0 amide bonds. The van der Waals surface area contributed by atoms with E-state index < -0.39 is 29.4 Å². The number of hydrogen-bond acceptors (Lipinski definition) is 6. The van der Waals surface area contributed by atoms with Crippen LogP contribution in [-0.2, 0) is 4.79 Å². The molecule has 2 fully saturated rings. The molecule has 0 bridgehead atoms. The van der Waals surface area contributed by atoms with Gasteiger partial charge in [-0.05, 0) is 37.3 Å². The molecule has 4 N–H and O–H groups in total. The van der Waals surface area contributed by atoms with Crippen LogP contribution in [0.15, 0.2) is 27.7 Å². The molecular weight excluding hydrogens is 526 g/mol. The number of carboxylic acid groups (broad SMARTS) is 2. The average molecular weight is 550 g/mol. The van der Waals surface area contributed by atoms with Gasteiger partial charge in [-0.3, -0.25) is 4.79 Å². The third-order valence-electron chi connectivity index (χ3n) is 5.98. The standard InChI is InChI=1S/C21H23ClFN3O4.C2HF3O2/c1-30-20-17-13(19(27)14(21(28)29)10-26(17)12-4-5-12)7-16(23)18(20)25-6-2-3-11(9-25)15(22)8-24;3-2(4,5)1(6)7/h7,10,12H,2-6,8-9,24H2,1H3,(H,28,29);(H,6,7). The van der Waals surface area contributed by atoms with Gasteiger partial charge >= 0.3 is 18.1 Å². The second kappa shape index (κ2) is 11.0. The molecule has 14 heteroatoms. The monoisotopic (exact) mass is 549 g/mol. The maximum atomic E-state index is 15.3. The molecule has 1 aliphatic heterocycles. The molecule has 2 heterocycles. The molecular formula is C23H24ClF4N3O6. The fraction of sp³-hybridized carbons (Fsp3) is 0.435. The van der Waals surface area contributed by atoms with Crippen molar-refractivity contribution in [3.63, 3.8) is 0 Å². The van der Waals surface area contributed by atoms with Crippen LogP contribution in [0.25, 0.3) is 10.9 Å². The molecule has 9 nitrogen and oxygen atoms in total. The number of pyridine rings is 1. The van der Waals surface area contributed by atoms with Crippen LogP contribution in [0.2, 0.25) is 0 Å². The minimum atomic E-state index is -5.08. The number of piperidine rings is 1. The lowest BCUT2D eigenvalue weighted by Crippen LogP contribution is -2.33. The summed E-state index contributed by atoms with van der Waals surface area (Å²) in [7, 11) is 1.43. The fourth-order valence-electron chi connectivity index (χ4n) is 4.15. The molecule has 0 spiro atoms. The first-order valence-corrected chi connectivity index (χ1v) is 11.5. The van der Waals surface area contributed by atoms with Crippen LogP contribution < -0.4 is 20.8 Å². The molecule has 2 aliphatic rings. The maximum absolute atomic E-state index is 15.3. The van der Waals surface area contributed by atoms with Crippen LogP contribution in [0.1, 0.15) is 42.1 Å². The number of aromatic carboxylic acids is 1. The predicted molar refractivity (Wildman–Crippen MR) is 127 cm³/mol. The van der Waals surface area contributed by atoms with E-state index in [1.165, 1.54) is 13.3 Å². The molecule has 0 radical (unpaired) electrons. The summed E-state index contributed by atoms with van der Waals surface area (Å²) in [5.74, 6) is -4.49. The number of benzene rings is 1. The highest BCUT2D eigenvalue weighted by Crippen LogP contribution is 2.44. The van der Waals surface area contributed by atoms with Crippen molar-refractivity contribution in [2.45, 2.75) is 37.9 Å². The van der Waals surface area contributed by atoms with Crippen molar-refractivity contribution in [2.24, 2.45) is 5.73 Å². The third-order valence-corrected chi connectivity index (χ3v) is 6.40. The van der Waals surface area contributed by atoms with Gasteiger partial charge in [0.25, 0.3) is 0 Å². The Hall–Kier alpha value is -3.32. The lowest BCUT2D eigenvalue weighted by Gasteiger charge is -2.33. The Kier molecular flexibility index (Phi) is 8.38. The number of aliphatic carboxylic acids is 1. The third kappa shape index (κ3) is 5.99. The number of aromatic nitrogens is 1. The first kappa shape index (κ1) is 28.3. The first-order chi connectivity index (χ1) is 17.3. The zero-order valence-corrected chi connectivity index (χ0v) is 20.3. The molecule has 1 aromatic carbocycles. The second-order valence-corrected chi connectivity index (χ2v) is 8.95. The quantitative estimate of drug-likeness (QED) is 0.478. The molecule has 4 rings (SSSR count). The highest BCUT2D eigenvalue weighted by molar-refractivity contribution is 6.30. The van der Waals surface area contributed by atoms with Gasteiger partial charge in [0.2, 0.25) is 5.43 Å². The van der Waals surface area contributed by atoms with Gasteiger partial charge in [-0.1, -0.05) is 11.6 Å². The van der Waals surface area contributed by atoms with Gasteiger partial charge in [0.15, 0.2) is 11.6 Å². The zero-order valence-electron chi connectivity index (χ0n) is 19.6. The topological polar surface area (TPSA) is 135 Å². The Morgan fingerprint density at radius 3 is 2.38 bits per heavy atom. The molecule has 37 heavy (non-hydrogen) atoms. The van der Waals surface area contributed by atoms with Gasteiger partial charge in [-0.15, -0.1) is 0 Å². The van der Waals surface area contributed by atoms with Gasteiger partial charge in [0, 0.05) is 36.9 Å². The van der Waals surface area contributed by atoms with Gasteiger partial charge < -0.3 is 30.2 Å². The molecule has 1 saturated heterocycles. The van der Waals surface area contributed by atoms with Gasteiger partial charge in [-0.25, -0.2) is 14.0 Å². The van der Waals surface area contributed by atoms with Crippen molar-refractivity contribution in [1.29, 1.82) is 0 Å². The summed E-state index contributed by atoms with van der Waals surface area (Å²) in [5, 5.41) is 17.1. The number of rotatable bonds is 5. The minimum Gasteiger partial charge on any atom is -0.492 e. The Bertz CT molecular complexity index is 1320. The normalized spacial score (nSPS) is 17.2. The minimum absolute atomic E-state index is 0.00710. The Morgan fingerprint density at radius 2 is 1.89 bits per heavy atom. The van der Waals surface area contributed by atoms with Crippen LogP contribution >= 0.6 is 11.6 Å². The summed E-state index contributed by atoms with van der Waals surface area (Å²) in [5.41, 5.74) is 6.20. The number of hydrogen-bond donors (Lipinski definition) is 3. The van der Waals surface area contributed by atoms with Crippen LogP contribution in [0.4, 0.5) is 23.2 Å². The number of nitrogens with zero attached hydrogens (tertiary/aromatic N) is 2. The zero-order chi connectivity index (χ0) is 27.7. The largest absolute Gasteiger partial charge is 0.492 e. The van der Waals surface area contributed by atoms with Crippen molar-refractivity contribution in [1.82, 2.24) is 4.57 Å². The smallest absolute Gasteiger partial charge is 0.490 e. The Balaban J connectivity index is 0.000000479. The summed E-state index contributed by atoms with van der Waals surface area (Å²) in [6.45, 7) is 1.23. The number of carbonyl (C=O) groups is 2. The SMILES string of the molecule is COc1c(N2CCCC(=C(Cl)CN)C2)c(F)cc2c(=O)c(C(=O)O)cn(C3CC3)c12.O=C(O)C(F)(F)F. The molecule has 1 aromatic heterocycles.